The fraction of sp³-hybridized carbons (Fsp3) is 0.278. The van der Waals surface area contributed by atoms with E-state index in [4.69, 9.17) is 14.2 Å². The van der Waals surface area contributed by atoms with Gasteiger partial charge in [-0.25, -0.2) is 8.42 Å². The van der Waals surface area contributed by atoms with Gasteiger partial charge in [0.1, 0.15) is 34.3 Å². The minimum atomic E-state index is -4.09. The molecule has 1 atom stereocenters. The highest BCUT2D eigenvalue weighted by atomic mass is 32.2. The lowest BCUT2D eigenvalue weighted by Gasteiger charge is -2.21. The highest BCUT2D eigenvalue weighted by Crippen LogP contribution is 2.33. The van der Waals surface area contributed by atoms with Crippen LogP contribution >= 0.6 is 11.7 Å². The number of nitro groups is 1. The maximum absolute atomic E-state index is 12.8. The SMILES string of the molecule is C[C@H](NS(=O)(=O)c1cccc2nsnc12)C(=O)OCc1cc([N+](=O)[O-])cc2c1OCOC2. The van der Waals surface area contributed by atoms with Gasteiger partial charge >= 0.3 is 5.97 Å². The Morgan fingerprint density at radius 1 is 1.38 bits per heavy atom. The number of hydrogen-bond donors (Lipinski definition) is 1. The third kappa shape index (κ3) is 4.38. The first-order valence-electron chi connectivity index (χ1n) is 9.17. The third-order valence-electron chi connectivity index (χ3n) is 4.58. The summed E-state index contributed by atoms with van der Waals surface area (Å²) in [6, 6.07) is 5.84. The zero-order valence-corrected chi connectivity index (χ0v) is 18.1. The summed E-state index contributed by atoms with van der Waals surface area (Å²) < 4.78 is 51.5. The van der Waals surface area contributed by atoms with Crippen LogP contribution in [0.4, 0.5) is 5.69 Å². The number of nitrogens with zero attached hydrogens (tertiary/aromatic N) is 3. The minimum absolute atomic E-state index is 0.0427. The number of carbonyl (C=O) groups is 1. The van der Waals surface area contributed by atoms with Crippen LogP contribution < -0.4 is 9.46 Å². The van der Waals surface area contributed by atoms with Gasteiger partial charge in [0.15, 0.2) is 6.79 Å². The molecule has 32 heavy (non-hydrogen) atoms. The van der Waals surface area contributed by atoms with E-state index in [2.05, 4.69) is 13.5 Å². The maximum atomic E-state index is 12.8. The number of nitrogens with one attached hydrogen (secondary N) is 1. The number of nitro benzene ring substituents is 1. The van der Waals surface area contributed by atoms with Crippen molar-refractivity contribution < 1.29 is 32.3 Å². The summed E-state index contributed by atoms with van der Waals surface area (Å²) in [5.41, 5.74) is 1.15. The van der Waals surface area contributed by atoms with Crippen LogP contribution in [0.1, 0.15) is 18.1 Å². The molecule has 1 N–H and O–H groups in total. The van der Waals surface area contributed by atoms with E-state index in [-0.39, 0.29) is 41.7 Å². The van der Waals surface area contributed by atoms with Gasteiger partial charge in [0, 0.05) is 23.3 Å². The lowest BCUT2D eigenvalue weighted by atomic mass is 10.1. The first-order valence-corrected chi connectivity index (χ1v) is 11.4. The Kier molecular flexibility index (Phi) is 6.01. The van der Waals surface area contributed by atoms with Crippen LogP contribution in [0.3, 0.4) is 0 Å². The van der Waals surface area contributed by atoms with Crippen molar-refractivity contribution in [2.45, 2.75) is 31.1 Å². The minimum Gasteiger partial charge on any atom is -0.467 e. The molecule has 1 aliphatic heterocycles. The van der Waals surface area contributed by atoms with Gasteiger partial charge in [0.05, 0.1) is 23.3 Å². The van der Waals surface area contributed by atoms with Gasteiger partial charge in [-0.05, 0) is 19.1 Å². The normalized spacial score (nSPS) is 14.4. The summed E-state index contributed by atoms with van der Waals surface area (Å²) in [6.45, 7) is 1.05. The molecule has 3 aromatic rings. The van der Waals surface area contributed by atoms with Crippen molar-refractivity contribution in [3.05, 3.63) is 51.6 Å². The fourth-order valence-corrected chi connectivity index (χ4v) is 5.07. The quantitative estimate of drug-likeness (QED) is 0.300. The van der Waals surface area contributed by atoms with Gasteiger partial charge < -0.3 is 14.2 Å². The number of benzene rings is 2. The van der Waals surface area contributed by atoms with Crippen molar-refractivity contribution in [2.75, 3.05) is 6.79 Å². The number of sulfonamides is 1. The molecule has 14 heteroatoms. The highest BCUT2D eigenvalue weighted by molar-refractivity contribution is 7.89. The summed E-state index contributed by atoms with van der Waals surface area (Å²) in [5, 5.41) is 11.2. The lowest BCUT2D eigenvalue weighted by molar-refractivity contribution is -0.385. The number of hydrogen-bond acceptors (Lipinski definition) is 11. The van der Waals surface area contributed by atoms with Crippen LogP contribution in [0.15, 0.2) is 35.2 Å². The van der Waals surface area contributed by atoms with Gasteiger partial charge in [-0.3, -0.25) is 14.9 Å². The molecule has 0 spiro atoms. The Labute approximate surface area is 185 Å². The van der Waals surface area contributed by atoms with Crippen molar-refractivity contribution in [1.29, 1.82) is 0 Å². The predicted octanol–water partition coefficient (Wildman–Crippen LogP) is 1.88. The second kappa shape index (κ2) is 8.74. The number of non-ortho nitro benzene ring substituents is 1. The largest absolute Gasteiger partial charge is 0.467 e. The standard InChI is InChI=1S/C18H16N4O8S2/c1-10(21-32(26,27)15-4-2-3-14-16(15)20-31-19-14)18(23)29-8-12-6-13(22(24)25)5-11-7-28-9-30-17(11)12/h2-6,10,21H,7-9H2,1H3/t10-/m0/s1. The molecule has 0 radical (unpaired) electrons. The van der Waals surface area contributed by atoms with Crippen LogP contribution in [0, 0.1) is 10.1 Å². The van der Waals surface area contributed by atoms with Crippen LogP contribution in [-0.2, 0) is 37.5 Å². The molecule has 168 valence electrons. The van der Waals surface area contributed by atoms with Gasteiger partial charge in [0.25, 0.3) is 5.69 Å². The van der Waals surface area contributed by atoms with Crippen LogP contribution in [0.5, 0.6) is 5.75 Å². The van der Waals surface area contributed by atoms with Crippen molar-refractivity contribution in [2.24, 2.45) is 0 Å². The number of aromatic nitrogens is 2. The molecule has 1 aliphatic rings. The third-order valence-corrected chi connectivity index (χ3v) is 6.69. The number of rotatable bonds is 7. The van der Waals surface area contributed by atoms with E-state index >= 15 is 0 Å². The molecule has 1 aromatic heterocycles. The average Bonchev–Trinajstić information content (AvgIpc) is 3.25. The van der Waals surface area contributed by atoms with E-state index in [1.54, 1.807) is 6.07 Å². The summed E-state index contributed by atoms with van der Waals surface area (Å²) in [5.74, 6) is -0.532. The summed E-state index contributed by atoms with van der Waals surface area (Å²) in [6.07, 6.45) is 0. The second-order valence-corrected chi connectivity index (χ2v) is 9.01. The van der Waals surface area contributed by atoms with E-state index in [9.17, 15) is 23.3 Å². The highest BCUT2D eigenvalue weighted by Gasteiger charge is 2.27. The Hall–Kier alpha value is -3.20. The molecule has 4 rings (SSSR count). The Morgan fingerprint density at radius 2 is 2.19 bits per heavy atom. The van der Waals surface area contributed by atoms with Crippen molar-refractivity contribution >= 4 is 44.4 Å². The van der Waals surface area contributed by atoms with Gasteiger partial charge in [-0.2, -0.15) is 13.5 Å². The predicted molar refractivity (Wildman–Crippen MR) is 110 cm³/mol. The Morgan fingerprint density at radius 3 is 2.97 bits per heavy atom. The molecule has 0 aliphatic carbocycles. The summed E-state index contributed by atoms with van der Waals surface area (Å²) in [4.78, 5) is 22.9. The maximum Gasteiger partial charge on any atom is 0.324 e. The molecular formula is C18H16N4O8S2. The van der Waals surface area contributed by atoms with E-state index < -0.39 is 27.0 Å². The summed E-state index contributed by atoms with van der Waals surface area (Å²) in [7, 11) is -4.09. The van der Waals surface area contributed by atoms with Gasteiger partial charge in [-0.1, -0.05) is 6.07 Å². The van der Waals surface area contributed by atoms with Crippen LogP contribution in [0.25, 0.3) is 11.0 Å². The zero-order valence-electron chi connectivity index (χ0n) is 16.5. The zero-order chi connectivity index (χ0) is 22.9. The average molecular weight is 480 g/mol. The number of esters is 1. The van der Waals surface area contributed by atoms with Crippen molar-refractivity contribution in [1.82, 2.24) is 13.5 Å². The van der Waals surface area contributed by atoms with Crippen LogP contribution in [0.2, 0.25) is 0 Å². The van der Waals surface area contributed by atoms with Gasteiger partial charge in [-0.15, -0.1) is 0 Å². The topological polar surface area (TPSA) is 160 Å². The second-order valence-electron chi connectivity index (χ2n) is 6.80. The van der Waals surface area contributed by atoms with Crippen molar-refractivity contribution in [3.63, 3.8) is 0 Å². The summed E-state index contributed by atoms with van der Waals surface area (Å²) >= 11 is 0.876. The lowest BCUT2D eigenvalue weighted by Crippen LogP contribution is -2.39. The first-order chi connectivity index (χ1) is 15.3. The number of ether oxygens (including phenoxy) is 3. The molecule has 0 bridgehead atoms. The molecule has 0 amide bonds. The molecule has 2 aromatic carbocycles. The first kappa shape index (κ1) is 22.0. The van der Waals surface area contributed by atoms with E-state index in [1.807, 2.05) is 0 Å². The molecule has 0 saturated heterocycles. The molecule has 2 heterocycles. The van der Waals surface area contributed by atoms with Crippen LogP contribution in [-0.4, -0.2) is 40.9 Å². The van der Waals surface area contributed by atoms with E-state index in [0.717, 1.165) is 11.7 Å². The number of fused-ring (bicyclic) bond motifs is 2. The Bertz CT molecular complexity index is 1310. The number of carbonyl (C=O) groups excluding carboxylic acids is 1. The Balaban J connectivity index is 1.48. The molecule has 0 unspecified atom stereocenters. The molecular weight excluding hydrogens is 464 g/mol. The molecule has 12 nitrogen and oxygen atoms in total. The molecule has 0 saturated carbocycles. The molecule has 0 fully saturated rings. The van der Waals surface area contributed by atoms with Gasteiger partial charge in [0.2, 0.25) is 10.0 Å². The van der Waals surface area contributed by atoms with E-state index in [1.165, 1.54) is 31.2 Å². The monoisotopic (exact) mass is 480 g/mol. The van der Waals surface area contributed by atoms with Crippen molar-refractivity contribution in [3.8, 4) is 5.75 Å². The van der Waals surface area contributed by atoms with E-state index in [0.29, 0.717) is 16.8 Å². The smallest absolute Gasteiger partial charge is 0.324 e. The fourth-order valence-electron chi connectivity index (χ4n) is 3.11.